The molecule has 0 atom stereocenters. The Morgan fingerprint density at radius 1 is 1.15 bits per heavy atom. The first kappa shape index (κ1) is 27.0. The number of anilines is 3. The van der Waals surface area contributed by atoms with Crippen LogP contribution in [0, 0.1) is 12.8 Å². The maximum atomic E-state index is 13.0. The fraction of sp³-hybridized carbons (Fsp3) is 0.357. The lowest BCUT2D eigenvalue weighted by Gasteiger charge is -2.39. The van der Waals surface area contributed by atoms with E-state index in [-0.39, 0.29) is 29.0 Å². The van der Waals surface area contributed by atoms with Crippen LogP contribution in [0.25, 0.3) is 22.6 Å². The Morgan fingerprint density at radius 2 is 1.93 bits per heavy atom. The highest BCUT2D eigenvalue weighted by Gasteiger charge is 2.27. The standard InChI is InChI=1S/C28H33N9O3/c1-16(2)13-37-28(39)24(17(3)35(37)4)27(38)33-19-6-7-21(31-11-19)25-26(29)32-12-22(34-25)18-8-9-30-23(10-18)36-14-20(15-36)40-5/h6-12,16,20H,13-15H2,1-5H3,(H2,29,32)(H,33,38). The van der Waals surface area contributed by atoms with Crippen LogP contribution in [0.4, 0.5) is 17.3 Å². The Kier molecular flexibility index (Phi) is 7.35. The molecule has 0 unspecified atom stereocenters. The maximum absolute atomic E-state index is 13.0. The zero-order valence-corrected chi connectivity index (χ0v) is 23.3. The molecule has 1 amide bonds. The number of nitrogens with two attached hydrogens (primary N) is 1. The normalized spacial score (nSPS) is 13.5. The van der Waals surface area contributed by atoms with Crippen LogP contribution in [0.3, 0.4) is 0 Å². The largest absolute Gasteiger partial charge is 0.382 e. The van der Waals surface area contributed by atoms with Gasteiger partial charge in [-0.1, -0.05) is 13.8 Å². The molecule has 4 aromatic heterocycles. The molecule has 3 N–H and O–H groups in total. The number of hydrogen-bond donors (Lipinski definition) is 2. The molecule has 1 aliphatic heterocycles. The Hall–Kier alpha value is -4.58. The first-order valence-corrected chi connectivity index (χ1v) is 13.1. The zero-order valence-electron chi connectivity index (χ0n) is 23.3. The molecule has 0 bridgehead atoms. The minimum atomic E-state index is -0.482. The van der Waals surface area contributed by atoms with Gasteiger partial charge in [0.05, 0.1) is 35.6 Å². The molecule has 1 saturated heterocycles. The number of nitrogens with one attached hydrogen (secondary N) is 1. The second-order valence-corrected chi connectivity index (χ2v) is 10.3. The van der Waals surface area contributed by atoms with E-state index in [1.165, 1.54) is 6.20 Å². The summed E-state index contributed by atoms with van der Waals surface area (Å²) in [7, 11) is 3.49. The van der Waals surface area contributed by atoms with Crippen LogP contribution in [0.1, 0.15) is 29.9 Å². The minimum Gasteiger partial charge on any atom is -0.382 e. The predicted octanol–water partition coefficient (Wildman–Crippen LogP) is 2.73. The predicted molar refractivity (Wildman–Crippen MR) is 153 cm³/mol. The van der Waals surface area contributed by atoms with Crippen molar-refractivity contribution < 1.29 is 9.53 Å². The number of hydrogen-bond acceptors (Lipinski definition) is 9. The van der Waals surface area contributed by atoms with Gasteiger partial charge in [0.15, 0.2) is 5.82 Å². The van der Waals surface area contributed by atoms with Gasteiger partial charge in [-0.25, -0.2) is 19.6 Å². The lowest BCUT2D eigenvalue weighted by atomic mass is 10.1. The van der Waals surface area contributed by atoms with E-state index in [1.54, 1.807) is 55.0 Å². The Morgan fingerprint density at radius 3 is 2.60 bits per heavy atom. The van der Waals surface area contributed by atoms with Crippen LogP contribution in [0.15, 0.2) is 47.7 Å². The molecule has 0 spiro atoms. The molecule has 5 heterocycles. The quantitative estimate of drug-likeness (QED) is 0.342. The molecule has 0 radical (unpaired) electrons. The lowest BCUT2D eigenvalue weighted by molar-refractivity contribution is 0.0783. The van der Waals surface area contributed by atoms with Crippen molar-refractivity contribution in [1.29, 1.82) is 0 Å². The van der Waals surface area contributed by atoms with E-state index in [4.69, 9.17) is 15.5 Å². The van der Waals surface area contributed by atoms with Crippen molar-refractivity contribution in [2.24, 2.45) is 13.0 Å². The Bertz CT molecular complexity index is 1600. The number of carbonyl (C=O) groups is 1. The maximum Gasteiger partial charge on any atom is 0.279 e. The molecule has 1 fully saturated rings. The monoisotopic (exact) mass is 543 g/mol. The van der Waals surface area contributed by atoms with Crippen LogP contribution < -0.4 is 21.5 Å². The van der Waals surface area contributed by atoms with Crippen molar-refractivity contribution in [3.63, 3.8) is 0 Å². The van der Waals surface area contributed by atoms with Crippen LogP contribution in [0.5, 0.6) is 0 Å². The van der Waals surface area contributed by atoms with Crippen molar-refractivity contribution in [2.45, 2.75) is 33.4 Å². The highest BCUT2D eigenvalue weighted by atomic mass is 16.5. The first-order chi connectivity index (χ1) is 19.2. The Labute approximate surface area is 231 Å². The highest BCUT2D eigenvalue weighted by molar-refractivity contribution is 6.04. The lowest BCUT2D eigenvalue weighted by Crippen LogP contribution is -2.52. The molecule has 4 aromatic rings. The number of methoxy groups -OCH3 is 1. The van der Waals surface area contributed by atoms with Crippen LogP contribution in [-0.2, 0) is 18.3 Å². The average molecular weight is 544 g/mol. The summed E-state index contributed by atoms with van der Waals surface area (Å²) in [5.41, 5.74) is 9.40. The van der Waals surface area contributed by atoms with E-state index in [1.807, 2.05) is 26.0 Å². The number of pyridine rings is 2. The van der Waals surface area contributed by atoms with E-state index in [2.05, 4.69) is 25.2 Å². The number of amides is 1. The van der Waals surface area contributed by atoms with Gasteiger partial charge in [-0.05, 0) is 37.1 Å². The van der Waals surface area contributed by atoms with Gasteiger partial charge < -0.3 is 20.7 Å². The molecule has 0 saturated carbocycles. The summed E-state index contributed by atoms with van der Waals surface area (Å²) < 4.78 is 8.66. The van der Waals surface area contributed by atoms with E-state index in [0.29, 0.717) is 35.0 Å². The van der Waals surface area contributed by atoms with E-state index in [9.17, 15) is 9.59 Å². The van der Waals surface area contributed by atoms with Crippen LogP contribution >= 0.6 is 0 Å². The smallest absolute Gasteiger partial charge is 0.279 e. The molecular formula is C28H33N9O3. The summed E-state index contributed by atoms with van der Waals surface area (Å²) in [5, 5.41) is 2.78. The highest BCUT2D eigenvalue weighted by Crippen LogP contribution is 2.28. The second-order valence-electron chi connectivity index (χ2n) is 10.3. The van der Waals surface area contributed by atoms with E-state index < -0.39 is 5.91 Å². The zero-order chi connectivity index (χ0) is 28.6. The van der Waals surface area contributed by atoms with Gasteiger partial charge in [-0.15, -0.1) is 0 Å². The van der Waals surface area contributed by atoms with Gasteiger partial charge in [0.1, 0.15) is 17.1 Å². The molecule has 0 aromatic carbocycles. The van der Waals surface area contributed by atoms with Gasteiger partial charge in [-0.3, -0.25) is 19.3 Å². The number of carbonyl (C=O) groups excluding carboxylic acids is 1. The van der Waals surface area contributed by atoms with Crippen molar-refractivity contribution in [3.05, 3.63) is 64.5 Å². The third kappa shape index (κ3) is 5.17. The van der Waals surface area contributed by atoms with Crippen molar-refractivity contribution in [1.82, 2.24) is 29.3 Å². The number of nitrogens with zero attached hydrogens (tertiary/aromatic N) is 7. The molecule has 1 aliphatic rings. The summed E-state index contributed by atoms with van der Waals surface area (Å²) >= 11 is 0. The van der Waals surface area contributed by atoms with E-state index in [0.717, 1.165) is 24.5 Å². The molecule has 40 heavy (non-hydrogen) atoms. The fourth-order valence-corrected chi connectivity index (χ4v) is 4.63. The van der Waals surface area contributed by atoms with Crippen LogP contribution in [-0.4, -0.2) is 61.5 Å². The summed E-state index contributed by atoms with van der Waals surface area (Å²) in [6.07, 6.45) is 5.08. The summed E-state index contributed by atoms with van der Waals surface area (Å²) in [4.78, 5) is 46.1. The number of rotatable bonds is 8. The first-order valence-electron chi connectivity index (χ1n) is 13.1. The molecule has 208 valence electrons. The van der Waals surface area contributed by atoms with Gasteiger partial charge in [0, 0.05) is 51.2 Å². The van der Waals surface area contributed by atoms with Gasteiger partial charge in [0.25, 0.3) is 11.5 Å². The number of aromatic nitrogens is 6. The minimum absolute atomic E-state index is 0.114. The third-order valence-corrected chi connectivity index (χ3v) is 7.03. The van der Waals surface area contributed by atoms with Crippen LogP contribution in [0.2, 0.25) is 0 Å². The summed E-state index contributed by atoms with van der Waals surface area (Å²) in [6, 6.07) is 7.23. The SMILES string of the molecule is COC1CN(c2cc(-c3cnc(N)c(-c4ccc(NC(=O)c5c(C)n(C)n(CC(C)C)c5=O)cn4)n3)ccn2)C1. The molecule has 5 rings (SSSR count). The van der Waals surface area contributed by atoms with Crippen molar-refractivity contribution in [2.75, 3.05) is 36.1 Å². The molecule has 0 aliphatic carbocycles. The fourth-order valence-electron chi connectivity index (χ4n) is 4.63. The summed E-state index contributed by atoms with van der Waals surface area (Å²) in [6.45, 7) is 7.90. The van der Waals surface area contributed by atoms with Gasteiger partial charge in [0.2, 0.25) is 0 Å². The van der Waals surface area contributed by atoms with Crippen molar-refractivity contribution >= 4 is 23.2 Å². The van der Waals surface area contributed by atoms with E-state index >= 15 is 0 Å². The van der Waals surface area contributed by atoms with Gasteiger partial charge >= 0.3 is 0 Å². The number of ether oxygens (including phenoxy) is 1. The third-order valence-electron chi connectivity index (χ3n) is 7.03. The molecule has 12 nitrogen and oxygen atoms in total. The number of nitrogen functional groups attached to an aromatic ring is 1. The topological polar surface area (TPSA) is 146 Å². The average Bonchev–Trinajstić information content (AvgIpc) is 3.11. The molecular weight excluding hydrogens is 510 g/mol. The Balaban J connectivity index is 1.35. The summed E-state index contributed by atoms with van der Waals surface area (Å²) in [5.74, 6) is 0.855. The second kappa shape index (κ2) is 10.9. The van der Waals surface area contributed by atoms with Crippen molar-refractivity contribution in [3.8, 4) is 22.6 Å². The molecule has 12 heteroatoms. The van der Waals surface area contributed by atoms with Gasteiger partial charge in [-0.2, -0.15) is 0 Å².